The van der Waals surface area contributed by atoms with Gasteiger partial charge in [-0.15, -0.1) is 0 Å². The second-order valence-electron chi connectivity index (χ2n) is 8.85. The molecule has 0 bridgehead atoms. The summed E-state index contributed by atoms with van der Waals surface area (Å²) in [5.41, 5.74) is 3.35. The lowest BCUT2D eigenvalue weighted by Crippen LogP contribution is -2.36. The smallest absolute Gasteiger partial charge is 0.261 e. The SMILES string of the molecule is CC(Nc1c(-c2nc3ccc(N4CCOCC4)c(F)c3[nH]2)c(=O)[nH]c2ccccc12)c1ccccn1. The molecule has 4 heterocycles. The molecule has 0 spiro atoms. The molecule has 5 aromatic rings. The number of hydrogen-bond acceptors (Lipinski definition) is 6. The number of anilines is 2. The normalized spacial score (nSPS) is 14.9. The number of halogens is 1. The Morgan fingerprint density at radius 1 is 1.06 bits per heavy atom. The number of nitrogens with one attached hydrogen (secondary N) is 3. The maximum absolute atomic E-state index is 15.6. The number of aromatic nitrogens is 4. The van der Waals surface area contributed by atoms with Crippen LogP contribution in [0, 0.1) is 5.82 Å². The van der Waals surface area contributed by atoms with Crippen molar-refractivity contribution in [3.8, 4) is 11.4 Å². The van der Waals surface area contributed by atoms with Crippen LogP contribution in [-0.4, -0.2) is 46.2 Å². The number of para-hydroxylation sites is 1. The van der Waals surface area contributed by atoms with Crippen LogP contribution in [0.3, 0.4) is 0 Å². The number of fused-ring (bicyclic) bond motifs is 2. The van der Waals surface area contributed by atoms with Crippen molar-refractivity contribution in [1.29, 1.82) is 0 Å². The molecule has 182 valence electrons. The highest BCUT2D eigenvalue weighted by Gasteiger charge is 2.23. The molecule has 1 aliphatic heterocycles. The summed E-state index contributed by atoms with van der Waals surface area (Å²) in [5.74, 6) is -0.0903. The third kappa shape index (κ3) is 3.87. The van der Waals surface area contributed by atoms with Crippen molar-refractivity contribution in [2.75, 3.05) is 36.5 Å². The van der Waals surface area contributed by atoms with Crippen LogP contribution in [0.25, 0.3) is 33.3 Å². The zero-order chi connectivity index (χ0) is 24.6. The van der Waals surface area contributed by atoms with Gasteiger partial charge in [-0.3, -0.25) is 9.78 Å². The van der Waals surface area contributed by atoms with Crippen molar-refractivity contribution in [3.63, 3.8) is 0 Å². The fourth-order valence-corrected chi connectivity index (χ4v) is 4.74. The maximum atomic E-state index is 15.6. The maximum Gasteiger partial charge on any atom is 0.261 e. The van der Waals surface area contributed by atoms with Crippen LogP contribution in [0.15, 0.2) is 65.6 Å². The Hall–Kier alpha value is -4.24. The third-order valence-electron chi connectivity index (χ3n) is 6.58. The summed E-state index contributed by atoms with van der Waals surface area (Å²) in [6.07, 6.45) is 1.73. The predicted molar refractivity (Wildman–Crippen MR) is 139 cm³/mol. The number of hydrogen-bond donors (Lipinski definition) is 3. The highest BCUT2D eigenvalue weighted by atomic mass is 19.1. The monoisotopic (exact) mass is 484 g/mol. The number of benzene rings is 2. The quantitative estimate of drug-likeness (QED) is 0.337. The van der Waals surface area contributed by atoms with Gasteiger partial charge in [-0.25, -0.2) is 9.37 Å². The van der Waals surface area contributed by atoms with Gasteiger partial charge in [0.1, 0.15) is 16.9 Å². The van der Waals surface area contributed by atoms with E-state index in [0.717, 1.165) is 11.1 Å². The molecule has 3 N–H and O–H groups in total. The van der Waals surface area contributed by atoms with Gasteiger partial charge >= 0.3 is 0 Å². The van der Waals surface area contributed by atoms with E-state index in [4.69, 9.17) is 4.74 Å². The molecule has 0 aliphatic carbocycles. The van der Waals surface area contributed by atoms with E-state index in [1.165, 1.54) is 0 Å². The van der Waals surface area contributed by atoms with E-state index >= 15 is 4.39 Å². The number of nitrogens with zero attached hydrogens (tertiary/aromatic N) is 3. The van der Waals surface area contributed by atoms with Gasteiger partial charge < -0.3 is 24.9 Å². The summed E-state index contributed by atoms with van der Waals surface area (Å²) in [5, 5.41) is 4.30. The van der Waals surface area contributed by atoms with Gasteiger partial charge in [-0.05, 0) is 37.3 Å². The first-order chi connectivity index (χ1) is 17.6. The van der Waals surface area contributed by atoms with Crippen molar-refractivity contribution < 1.29 is 9.13 Å². The van der Waals surface area contributed by atoms with Gasteiger partial charge in [0.05, 0.1) is 47.4 Å². The molecule has 0 amide bonds. The first kappa shape index (κ1) is 22.2. The zero-order valence-electron chi connectivity index (χ0n) is 19.7. The van der Waals surface area contributed by atoms with Crippen LogP contribution in [0.5, 0.6) is 0 Å². The lowest BCUT2D eigenvalue weighted by atomic mass is 10.1. The van der Waals surface area contributed by atoms with Crippen LogP contribution < -0.4 is 15.8 Å². The van der Waals surface area contributed by atoms with Gasteiger partial charge in [0.2, 0.25) is 0 Å². The van der Waals surface area contributed by atoms with Crippen LogP contribution in [0.4, 0.5) is 15.8 Å². The van der Waals surface area contributed by atoms with Gasteiger partial charge in [-0.1, -0.05) is 24.3 Å². The minimum absolute atomic E-state index is 0.191. The van der Waals surface area contributed by atoms with E-state index in [-0.39, 0.29) is 22.9 Å². The van der Waals surface area contributed by atoms with Gasteiger partial charge in [0, 0.05) is 24.7 Å². The van der Waals surface area contributed by atoms with Crippen LogP contribution >= 0.6 is 0 Å². The summed E-state index contributed by atoms with van der Waals surface area (Å²) in [6.45, 7) is 4.33. The minimum Gasteiger partial charge on any atom is -0.378 e. The molecule has 2 aromatic carbocycles. The molecule has 9 heteroatoms. The molecular formula is C27H25FN6O2. The predicted octanol–water partition coefficient (Wildman–Crippen LogP) is 4.62. The Morgan fingerprint density at radius 2 is 1.86 bits per heavy atom. The molecule has 36 heavy (non-hydrogen) atoms. The highest BCUT2D eigenvalue weighted by molar-refractivity contribution is 5.99. The Morgan fingerprint density at radius 3 is 2.67 bits per heavy atom. The van der Waals surface area contributed by atoms with Gasteiger partial charge in [0.25, 0.3) is 5.56 Å². The molecule has 1 atom stereocenters. The second-order valence-corrected chi connectivity index (χ2v) is 8.85. The molecule has 6 rings (SSSR count). The number of pyridine rings is 2. The van der Waals surface area contributed by atoms with Crippen LogP contribution in [-0.2, 0) is 4.74 Å². The number of ether oxygens (including phenoxy) is 1. The Kier molecular flexibility index (Phi) is 5.61. The molecule has 3 aromatic heterocycles. The summed E-state index contributed by atoms with van der Waals surface area (Å²) in [6, 6.07) is 16.6. The molecule has 0 radical (unpaired) electrons. The highest BCUT2D eigenvalue weighted by Crippen LogP contribution is 2.34. The van der Waals surface area contributed by atoms with Crippen molar-refractivity contribution in [3.05, 3.63) is 82.7 Å². The zero-order valence-corrected chi connectivity index (χ0v) is 19.7. The molecule has 1 unspecified atom stereocenters. The average Bonchev–Trinajstić information content (AvgIpc) is 3.34. The van der Waals surface area contributed by atoms with E-state index in [9.17, 15) is 4.79 Å². The van der Waals surface area contributed by atoms with Crippen molar-refractivity contribution in [2.45, 2.75) is 13.0 Å². The first-order valence-electron chi connectivity index (χ1n) is 11.9. The fourth-order valence-electron chi connectivity index (χ4n) is 4.74. The van der Waals surface area contributed by atoms with Crippen LogP contribution in [0.2, 0.25) is 0 Å². The van der Waals surface area contributed by atoms with Crippen molar-refractivity contribution >= 4 is 33.3 Å². The van der Waals surface area contributed by atoms with Crippen molar-refractivity contribution in [2.24, 2.45) is 0 Å². The van der Waals surface area contributed by atoms with E-state index in [0.29, 0.717) is 60.1 Å². The Labute approximate surface area is 206 Å². The summed E-state index contributed by atoms with van der Waals surface area (Å²) >= 11 is 0. The van der Waals surface area contributed by atoms with E-state index < -0.39 is 0 Å². The average molecular weight is 485 g/mol. The van der Waals surface area contributed by atoms with E-state index in [2.05, 4.69) is 25.3 Å². The summed E-state index contributed by atoms with van der Waals surface area (Å²) in [7, 11) is 0. The Balaban J connectivity index is 1.50. The molecule has 0 saturated carbocycles. The number of aromatic amines is 2. The molecule has 1 aliphatic rings. The molecule has 8 nitrogen and oxygen atoms in total. The number of imidazole rings is 1. The molecule has 1 saturated heterocycles. The topological polar surface area (TPSA) is 98.9 Å². The number of H-pyrrole nitrogens is 2. The lowest BCUT2D eigenvalue weighted by Gasteiger charge is -2.29. The number of rotatable bonds is 5. The third-order valence-corrected chi connectivity index (χ3v) is 6.58. The van der Waals surface area contributed by atoms with E-state index in [1.54, 1.807) is 18.3 Å². The summed E-state index contributed by atoms with van der Waals surface area (Å²) in [4.78, 5) is 30.4. The largest absolute Gasteiger partial charge is 0.378 e. The Bertz CT molecular complexity index is 1610. The van der Waals surface area contributed by atoms with Crippen LogP contribution in [0.1, 0.15) is 18.7 Å². The van der Waals surface area contributed by atoms with Gasteiger partial charge in [-0.2, -0.15) is 0 Å². The summed E-state index contributed by atoms with van der Waals surface area (Å²) < 4.78 is 21.0. The van der Waals surface area contributed by atoms with Gasteiger partial charge in [0.15, 0.2) is 5.82 Å². The molecule has 1 fully saturated rings. The van der Waals surface area contributed by atoms with E-state index in [1.807, 2.05) is 54.3 Å². The lowest BCUT2D eigenvalue weighted by molar-refractivity contribution is 0.122. The minimum atomic E-state index is -0.387. The number of morpholine rings is 1. The van der Waals surface area contributed by atoms with Crippen molar-refractivity contribution in [1.82, 2.24) is 19.9 Å². The molecular weight excluding hydrogens is 459 g/mol. The standard InChI is InChI=1S/C27H25FN6O2/c1-16(18-7-4-5-11-29-18)30-24-17-6-2-3-8-19(17)32-27(35)22(24)26-31-20-9-10-21(23(28)25(20)33-26)34-12-14-36-15-13-34/h2-11,16H,12-15H2,1H3,(H,31,33)(H2,30,32,35). The second kappa shape index (κ2) is 9.09. The first-order valence-corrected chi connectivity index (χ1v) is 11.9. The fraction of sp³-hybridized carbons (Fsp3) is 0.222.